The molecule has 9 nitrogen and oxygen atoms in total. The van der Waals surface area contributed by atoms with Crippen LogP contribution >= 0.6 is 0 Å². The summed E-state index contributed by atoms with van der Waals surface area (Å²) in [6.07, 6.45) is 0. The fourth-order valence-electron chi connectivity index (χ4n) is 3.96. The minimum Gasteiger partial charge on any atom is -0.379 e. The molecule has 0 saturated carbocycles. The first-order valence-corrected chi connectivity index (χ1v) is 12.3. The van der Waals surface area contributed by atoms with E-state index in [4.69, 9.17) is 9.47 Å². The number of ether oxygens (including phenoxy) is 2. The monoisotopic (exact) mass is 454 g/mol. The lowest BCUT2D eigenvalue weighted by Gasteiger charge is -2.36. The number of rotatable bonds is 8. The van der Waals surface area contributed by atoms with Crippen molar-refractivity contribution < 1.29 is 22.7 Å². The van der Waals surface area contributed by atoms with Crippen molar-refractivity contribution >= 4 is 16.1 Å². The van der Waals surface area contributed by atoms with Gasteiger partial charge in [-0.15, -0.1) is 0 Å². The summed E-state index contributed by atoms with van der Waals surface area (Å²) in [7, 11) is -3.63. The number of morpholine rings is 2. The van der Waals surface area contributed by atoms with E-state index >= 15 is 0 Å². The molecule has 31 heavy (non-hydrogen) atoms. The maximum absolute atomic E-state index is 13.0. The molecule has 2 amide bonds. The van der Waals surface area contributed by atoms with Gasteiger partial charge in [0.15, 0.2) is 0 Å². The molecule has 174 valence electrons. The molecular weight excluding hydrogens is 420 g/mol. The second-order valence-electron chi connectivity index (χ2n) is 8.15. The molecule has 2 saturated heterocycles. The van der Waals surface area contributed by atoms with E-state index in [9.17, 15) is 13.2 Å². The molecule has 0 spiro atoms. The van der Waals surface area contributed by atoms with Crippen molar-refractivity contribution in [2.45, 2.75) is 31.3 Å². The summed E-state index contributed by atoms with van der Waals surface area (Å²) < 4.78 is 38.2. The van der Waals surface area contributed by atoms with Gasteiger partial charge < -0.3 is 20.1 Å². The van der Waals surface area contributed by atoms with E-state index < -0.39 is 10.0 Å². The Labute approximate surface area is 185 Å². The Kier molecular flexibility index (Phi) is 8.67. The highest BCUT2D eigenvalue weighted by Crippen LogP contribution is 2.21. The zero-order valence-corrected chi connectivity index (χ0v) is 19.2. The van der Waals surface area contributed by atoms with Gasteiger partial charge in [0, 0.05) is 45.3 Å². The predicted molar refractivity (Wildman–Crippen MR) is 117 cm³/mol. The van der Waals surface area contributed by atoms with Gasteiger partial charge in [-0.05, 0) is 17.5 Å². The minimum atomic E-state index is -3.63. The zero-order chi connectivity index (χ0) is 22.3. The minimum absolute atomic E-state index is 0.134. The highest BCUT2D eigenvalue weighted by molar-refractivity contribution is 7.89. The van der Waals surface area contributed by atoms with Gasteiger partial charge in [0.2, 0.25) is 10.0 Å². The molecular formula is C21H34N4O5S. The number of carbonyl (C=O) groups excluding carboxylic acids is 1. The lowest BCUT2D eigenvalue weighted by molar-refractivity contribution is 0.00719. The normalized spacial score (nSPS) is 19.8. The van der Waals surface area contributed by atoms with E-state index in [0.717, 1.165) is 13.1 Å². The molecule has 0 aromatic heterocycles. The SMILES string of the molecule is CC(C)C(CNC(=O)NCc1ccccc1S(=O)(=O)N1CCOCC1)N1CCOCC1. The number of carbonyl (C=O) groups is 1. The van der Waals surface area contributed by atoms with Crippen LogP contribution in [0.1, 0.15) is 19.4 Å². The van der Waals surface area contributed by atoms with E-state index in [2.05, 4.69) is 29.4 Å². The van der Waals surface area contributed by atoms with Crippen LogP contribution in [0.5, 0.6) is 0 Å². The molecule has 2 fully saturated rings. The van der Waals surface area contributed by atoms with Crippen molar-refractivity contribution in [3.05, 3.63) is 29.8 Å². The smallest absolute Gasteiger partial charge is 0.315 e. The fourth-order valence-corrected chi connectivity index (χ4v) is 5.59. The van der Waals surface area contributed by atoms with Gasteiger partial charge in [-0.2, -0.15) is 4.31 Å². The van der Waals surface area contributed by atoms with Crippen LogP contribution in [0.4, 0.5) is 4.79 Å². The molecule has 0 aliphatic carbocycles. The summed E-state index contributed by atoms with van der Waals surface area (Å²) in [5, 5.41) is 5.75. The third-order valence-electron chi connectivity index (χ3n) is 5.76. The molecule has 2 aliphatic heterocycles. The molecule has 10 heteroatoms. The van der Waals surface area contributed by atoms with E-state index in [1.807, 2.05) is 0 Å². The summed E-state index contributed by atoms with van der Waals surface area (Å²) in [4.78, 5) is 15.0. The molecule has 2 heterocycles. The molecule has 2 aliphatic rings. The largest absolute Gasteiger partial charge is 0.379 e. The summed E-state index contributed by atoms with van der Waals surface area (Å²) in [6, 6.07) is 6.72. The average Bonchev–Trinajstić information content (AvgIpc) is 2.79. The molecule has 1 aromatic rings. The second-order valence-corrected chi connectivity index (χ2v) is 10.1. The Bertz CT molecular complexity index is 821. The van der Waals surface area contributed by atoms with Crippen molar-refractivity contribution in [2.75, 3.05) is 59.2 Å². The van der Waals surface area contributed by atoms with Gasteiger partial charge in [-0.25, -0.2) is 13.2 Å². The van der Waals surface area contributed by atoms with Crippen molar-refractivity contribution in [1.29, 1.82) is 0 Å². The Balaban J connectivity index is 1.57. The number of hydrogen-bond acceptors (Lipinski definition) is 6. The van der Waals surface area contributed by atoms with Gasteiger partial charge in [0.05, 0.1) is 31.3 Å². The lowest BCUT2D eigenvalue weighted by atomic mass is 10.0. The number of nitrogens with one attached hydrogen (secondary N) is 2. The van der Waals surface area contributed by atoms with Crippen LogP contribution in [-0.4, -0.2) is 88.8 Å². The first-order chi connectivity index (χ1) is 14.9. The molecule has 1 atom stereocenters. The van der Waals surface area contributed by atoms with Crippen LogP contribution in [-0.2, 0) is 26.0 Å². The molecule has 1 unspecified atom stereocenters. The number of benzene rings is 1. The number of sulfonamides is 1. The van der Waals surface area contributed by atoms with E-state index in [1.54, 1.807) is 24.3 Å². The zero-order valence-electron chi connectivity index (χ0n) is 18.4. The second kappa shape index (κ2) is 11.2. The maximum atomic E-state index is 13.0. The Morgan fingerprint density at radius 2 is 1.61 bits per heavy atom. The fraction of sp³-hybridized carbons (Fsp3) is 0.667. The van der Waals surface area contributed by atoms with Gasteiger partial charge >= 0.3 is 6.03 Å². The number of amides is 2. The average molecular weight is 455 g/mol. The first kappa shape index (κ1) is 23.9. The standard InChI is InChI=1S/C21H34N4O5S/c1-17(2)19(24-7-11-29-12-8-24)16-23-21(26)22-15-18-5-3-4-6-20(18)31(27,28)25-9-13-30-14-10-25/h3-6,17,19H,7-16H2,1-2H3,(H2,22,23,26). The quantitative estimate of drug-likeness (QED) is 0.605. The van der Waals surface area contributed by atoms with Crippen LogP contribution in [0, 0.1) is 5.92 Å². The van der Waals surface area contributed by atoms with Crippen LogP contribution in [0.25, 0.3) is 0 Å². The number of hydrogen-bond donors (Lipinski definition) is 2. The van der Waals surface area contributed by atoms with Crippen molar-refractivity contribution in [2.24, 2.45) is 5.92 Å². The first-order valence-electron chi connectivity index (χ1n) is 10.9. The van der Waals surface area contributed by atoms with Crippen LogP contribution < -0.4 is 10.6 Å². The Hall–Kier alpha value is -1.72. The summed E-state index contributed by atoms with van der Waals surface area (Å²) in [5.74, 6) is 0.387. The molecule has 1 aromatic carbocycles. The highest BCUT2D eigenvalue weighted by atomic mass is 32.2. The molecule has 0 radical (unpaired) electrons. The maximum Gasteiger partial charge on any atom is 0.315 e. The third kappa shape index (κ3) is 6.39. The molecule has 0 bridgehead atoms. The van der Waals surface area contributed by atoms with E-state index in [0.29, 0.717) is 57.5 Å². The summed E-state index contributed by atoms with van der Waals surface area (Å²) in [6.45, 7) is 9.55. The van der Waals surface area contributed by atoms with Gasteiger partial charge in [0.25, 0.3) is 0 Å². The Morgan fingerprint density at radius 1 is 1.00 bits per heavy atom. The van der Waals surface area contributed by atoms with Crippen LogP contribution in [0.15, 0.2) is 29.2 Å². The van der Waals surface area contributed by atoms with Crippen molar-refractivity contribution in [3.8, 4) is 0 Å². The van der Waals surface area contributed by atoms with Gasteiger partial charge in [0.1, 0.15) is 0 Å². The topological polar surface area (TPSA) is 100 Å². The van der Waals surface area contributed by atoms with Crippen LogP contribution in [0.3, 0.4) is 0 Å². The van der Waals surface area contributed by atoms with E-state index in [1.165, 1.54) is 4.31 Å². The Morgan fingerprint density at radius 3 is 2.26 bits per heavy atom. The highest BCUT2D eigenvalue weighted by Gasteiger charge is 2.28. The number of nitrogens with zero attached hydrogens (tertiary/aromatic N) is 2. The predicted octanol–water partition coefficient (Wildman–Crippen LogP) is 0.864. The third-order valence-corrected chi connectivity index (χ3v) is 7.75. The van der Waals surface area contributed by atoms with Gasteiger partial charge in [-0.3, -0.25) is 4.90 Å². The lowest BCUT2D eigenvalue weighted by Crippen LogP contribution is -2.52. The van der Waals surface area contributed by atoms with Crippen molar-refractivity contribution in [3.63, 3.8) is 0 Å². The summed E-state index contributed by atoms with van der Waals surface area (Å²) >= 11 is 0. The molecule has 2 N–H and O–H groups in total. The molecule has 3 rings (SSSR count). The summed E-state index contributed by atoms with van der Waals surface area (Å²) in [5.41, 5.74) is 0.567. The number of urea groups is 1. The van der Waals surface area contributed by atoms with Gasteiger partial charge in [-0.1, -0.05) is 32.0 Å². The van der Waals surface area contributed by atoms with Crippen LogP contribution in [0.2, 0.25) is 0 Å². The van der Waals surface area contributed by atoms with E-state index in [-0.39, 0.29) is 23.5 Å². The van der Waals surface area contributed by atoms with Crippen molar-refractivity contribution in [1.82, 2.24) is 19.8 Å².